The molecule has 1 aliphatic heterocycles. The van der Waals surface area contributed by atoms with Gasteiger partial charge in [-0.25, -0.2) is 0 Å². The molecule has 0 radical (unpaired) electrons. The molecule has 1 fully saturated rings. The molecular formula is C21H23F3N2O3. The monoisotopic (exact) mass is 408 g/mol. The molecule has 0 bridgehead atoms. The lowest BCUT2D eigenvalue weighted by Crippen LogP contribution is -2.45. The second-order valence-corrected chi connectivity index (χ2v) is 7.58. The SMILES string of the molecule is CC(=O)c1[nH]c(C)c(C(=O)N2CCC(O)(c3cccc(C(F)(F)F)c3)CC2)c1C. The van der Waals surface area contributed by atoms with Crippen LogP contribution in [0.25, 0.3) is 0 Å². The Hall–Kier alpha value is -2.61. The van der Waals surface area contributed by atoms with Crippen LogP contribution in [-0.4, -0.2) is 39.8 Å². The highest BCUT2D eigenvalue weighted by atomic mass is 19.4. The normalized spacial score (nSPS) is 16.7. The number of H-pyrrole nitrogens is 1. The molecule has 1 saturated heterocycles. The van der Waals surface area contributed by atoms with Gasteiger partial charge in [-0.2, -0.15) is 13.2 Å². The quantitative estimate of drug-likeness (QED) is 0.755. The smallest absolute Gasteiger partial charge is 0.385 e. The van der Waals surface area contributed by atoms with Crippen LogP contribution in [0.5, 0.6) is 0 Å². The topological polar surface area (TPSA) is 73.4 Å². The highest BCUT2D eigenvalue weighted by Gasteiger charge is 2.38. The van der Waals surface area contributed by atoms with Crippen LogP contribution in [0, 0.1) is 13.8 Å². The lowest BCUT2D eigenvalue weighted by Gasteiger charge is -2.39. The number of amides is 1. The molecule has 0 atom stereocenters. The number of Topliss-reactive ketones (excluding diaryl/α,β-unsaturated/α-hetero) is 1. The number of alkyl halides is 3. The van der Waals surface area contributed by atoms with E-state index in [4.69, 9.17) is 0 Å². The summed E-state index contributed by atoms with van der Waals surface area (Å²) in [4.78, 5) is 29.2. The number of benzene rings is 1. The van der Waals surface area contributed by atoms with E-state index in [0.717, 1.165) is 12.1 Å². The van der Waals surface area contributed by atoms with Crippen LogP contribution in [0.4, 0.5) is 13.2 Å². The number of aliphatic hydroxyl groups is 1. The number of piperidine rings is 1. The van der Waals surface area contributed by atoms with E-state index in [0.29, 0.717) is 22.5 Å². The van der Waals surface area contributed by atoms with Crippen LogP contribution in [0.15, 0.2) is 24.3 Å². The highest BCUT2D eigenvalue weighted by Crippen LogP contribution is 2.37. The third kappa shape index (κ3) is 3.94. The molecule has 0 aliphatic carbocycles. The summed E-state index contributed by atoms with van der Waals surface area (Å²) in [6.07, 6.45) is -4.23. The molecule has 0 unspecified atom stereocenters. The van der Waals surface area contributed by atoms with Crippen molar-refractivity contribution in [1.82, 2.24) is 9.88 Å². The molecule has 0 spiro atoms. The number of nitrogens with zero attached hydrogens (tertiary/aromatic N) is 1. The number of carbonyl (C=O) groups is 2. The number of hydrogen-bond acceptors (Lipinski definition) is 3. The van der Waals surface area contributed by atoms with Crippen molar-refractivity contribution in [2.24, 2.45) is 0 Å². The first-order valence-corrected chi connectivity index (χ1v) is 9.33. The van der Waals surface area contributed by atoms with Gasteiger partial charge in [0.05, 0.1) is 22.4 Å². The van der Waals surface area contributed by atoms with Gasteiger partial charge in [-0.1, -0.05) is 12.1 Å². The van der Waals surface area contributed by atoms with E-state index in [1.807, 2.05) is 0 Å². The second-order valence-electron chi connectivity index (χ2n) is 7.58. The summed E-state index contributed by atoms with van der Waals surface area (Å²) < 4.78 is 39.0. The number of nitrogens with one attached hydrogen (secondary N) is 1. The van der Waals surface area contributed by atoms with E-state index >= 15 is 0 Å². The van der Waals surface area contributed by atoms with Crippen LogP contribution in [-0.2, 0) is 11.8 Å². The molecule has 156 valence electrons. The summed E-state index contributed by atoms with van der Waals surface area (Å²) in [5.41, 5.74) is -0.0344. The molecule has 29 heavy (non-hydrogen) atoms. The van der Waals surface area contributed by atoms with Crippen molar-refractivity contribution in [2.45, 2.75) is 45.4 Å². The van der Waals surface area contributed by atoms with Gasteiger partial charge in [-0.15, -0.1) is 0 Å². The summed E-state index contributed by atoms with van der Waals surface area (Å²) in [7, 11) is 0. The Labute approximate surface area is 166 Å². The van der Waals surface area contributed by atoms with Gasteiger partial charge < -0.3 is 15.0 Å². The maximum absolute atomic E-state index is 13.0. The van der Waals surface area contributed by atoms with Gasteiger partial charge in [0, 0.05) is 25.7 Å². The average Bonchev–Trinajstić information content (AvgIpc) is 2.96. The summed E-state index contributed by atoms with van der Waals surface area (Å²) in [6.45, 7) is 5.24. The minimum Gasteiger partial charge on any atom is -0.385 e. The second kappa shape index (κ2) is 7.33. The van der Waals surface area contributed by atoms with Crippen LogP contribution >= 0.6 is 0 Å². The highest BCUT2D eigenvalue weighted by molar-refractivity contribution is 6.02. The first kappa shape index (κ1) is 21.1. The van der Waals surface area contributed by atoms with Crippen LogP contribution in [0.2, 0.25) is 0 Å². The van der Waals surface area contributed by atoms with Crippen LogP contribution in [0.3, 0.4) is 0 Å². The zero-order valence-electron chi connectivity index (χ0n) is 16.5. The van der Waals surface area contributed by atoms with Crippen LogP contribution in [0.1, 0.15) is 63.0 Å². The number of likely N-dealkylation sites (tertiary alicyclic amines) is 1. The fourth-order valence-electron chi connectivity index (χ4n) is 3.93. The zero-order chi connectivity index (χ0) is 21.6. The van der Waals surface area contributed by atoms with E-state index in [1.54, 1.807) is 18.7 Å². The summed E-state index contributed by atoms with van der Waals surface area (Å²) in [6, 6.07) is 4.70. The predicted molar refractivity (Wildman–Crippen MR) is 101 cm³/mol. The van der Waals surface area contributed by atoms with Crippen molar-refractivity contribution in [3.05, 3.63) is 57.9 Å². The number of aromatic nitrogens is 1. The number of halogens is 3. The van der Waals surface area contributed by atoms with Crippen molar-refractivity contribution >= 4 is 11.7 Å². The van der Waals surface area contributed by atoms with Crippen molar-refractivity contribution in [3.63, 3.8) is 0 Å². The number of hydrogen-bond donors (Lipinski definition) is 2. The molecule has 1 aromatic heterocycles. The van der Waals surface area contributed by atoms with Gasteiger partial charge in [-0.05, 0) is 49.9 Å². The third-order valence-corrected chi connectivity index (χ3v) is 5.61. The largest absolute Gasteiger partial charge is 0.416 e. The third-order valence-electron chi connectivity index (χ3n) is 5.61. The molecule has 5 nitrogen and oxygen atoms in total. The molecule has 2 heterocycles. The van der Waals surface area contributed by atoms with E-state index in [-0.39, 0.29) is 43.2 Å². The first-order valence-electron chi connectivity index (χ1n) is 9.33. The van der Waals surface area contributed by atoms with E-state index in [2.05, 4.69) is 4.98 Å². The number of aromatic amines is 1. The number of ketones is 1. The number of rotatable bonds is 3. The molecule has 2 aromatic rings. The standard InChI is InChI=1S/C21H23F3N2O3/c1-12-17(13(2)25-18(12)14(3)27)19(28)26-9-7-20(29,8-10-26)15-5-4-6-16(11-15)21(22,23)24/h4-6,11,25,29H,7-10H2,1-3H3. The number of carbonyl (C=O) groups excluding carboxylic acids is 2. The van der Waals surface area contributed by atoms with Gasteiger partial charge >= 0.3 is 6.18 Å². The molecule has 1 aromatic carbocycles. The fraction of sp³-hybridized carbons (Fsp3) is 0.429. The van der Waals surface area contributed by atoms with Crippen molar-refractivity contribution in [2.75, 3.05) is 13.1 Å². The Kier molecular flexibility index (Phi) is 5.34. The molecule has 2 N–H and O–H groups in total. The summed E-state index contributed by atoms with van der Waals surface area (Å²) in [5, 5.41) is 10.9. The average molecular weight is 408 g/mol. The lowest BCUT2D eigenvalue weighted by atomic mass is 9.83. The molecule has 8 heteroatoms. The first-order chi connectivity index (χ1) is 13.4. The molecule has 1 amide bonds. The van der Waals surface area contributed by atoms with Gasteiger partial charge in [-0.3, -0.25) is 9.59 Å². The van der Waals surface area contributed by atoms with Gasteiger partial charge in [0.2, 0.25) is 0 Å². The molecule has 1 aliphatic rings. The molecular weight excluding hydrogens is 385 g/mol. The predicted octanol–water partition coefficient (Wildman–Crippen LogP) is 3.98. The Bertz CT molecular complexity index is 955. The Balaban J connectivity index is 1.79. The maximum atomic E-state index is 13.0. The Morgan fingerprint density at radius 1 is 1.17 bits per heavy atom. The van der Waals surface area contributed by atoms with E-state index in [1.165, 1.54) is 19.1 Å². The fourth-order valence-corrected chi connectivity index (χ4v) is 3.93. The van der Waals surface area contributed by atoms with E-state index in [9.17, 15) is 27.9 Å². The van der Waals surface area contributed by atoms with Crippen molar-refractivity contribution in [1.29, 1.82) is 0 Å². The summed E-state index contributed by atoms with van der Waals surface area (Å²) >= 11 is 0. The molecule has 0 saturated carbocycles. The van der Waals surface area contributed by atoms with Crippen molar-refractivity contribution < 1.29 is 27.9 Å². The lowest BCUT2D eigenvalue weighted by molar-refractivity contribution is -0.137. The van der Waals surface area contributed by atoms with Gasteiger partial charge in [0.1, 0.15) is 0 Å². The van der Waals surface area contributed by atoms with Gasteiger partial charge in [0.15, 0.2) is 5.78 Å². The van der Waals surface area contributed by atoms with E-state index < -0.39 is 17.3 Å². The Morgan fingerprint density at radius 3 is 2.31 bits per heavy atom. The van der Waals surface area contributed by atoms with Crippen molar-refractivity contribution in [3.8, 4) is 0 Å². The number of aryl methyl sites for hydroxylation is 1. The molecule has 3 rings (SSSR count). The minimum absolute atomic E-state index is 0.127. The summed E-state index contributed by atoms with van der Waals surface area (Å²) in [5.74, 6) is -0.419. The van der Waals surface area contributed by atoms with Gasteiger partial charge in [0.25, 0.3) is 5.91 Å². The zero-order valence-corrected chi connectivity index (χ0v) is 16.5. The Morgan fingerprint density at radius 2 is 1.79 bits per heavy atom. The maximum Gasteiger partial charge on any atom is 0.416 e. The van der Waals surface area contributed by atoms with Crippen LogP contribution < -0.4 is 0 Å². The minimum atomic E-state index is -4.49.